The molecule has 0 rings (SSSR count). The highest BCUT2D eigenvalue weighted by Crippen LogP contribution is 2.04. The molecule has 0 spiro atoms. The molecule has 0 fully saturated rings. The van der Waals surface area contributed by atoms with Gasteiger partial charge in [0.25, 0.3) is 0 Å². The smallest absolute Gasteiger partial charge is 0.161 e. The van der Waals surface area contributed by atoms with Crippen LogP contribution in [-0.2, 0) is 4.43 Å². The molecule has 4 nitrogen and oxygen atoms in total. The van der Waals surface area contributed by atoms with E-state index in [0.717, 1.165) is 19.1 Å². The van der Waals surface area contributed by atoms with Crippen LogP contribution in [0.5, 0.6) is 0 Å². The summed E-state index contributed by atoms with van der Waals surface area (Å²) in [5.41, 5.74) is 0. The summed E-state index contributed by atoms with van der Waals surface area (Å²) >= 11 is 0. The Morgan fingerprint density at radius 3 is 2.54 bits per heavy atom. The minimum atomic E-state index is -0.992. The molecule has 0 radical (unpaired) electrons. The number of hydrogen-bond donors (Lipinski definition) is 3. The first kappa shape index (κ1) is 13.1. The van der Waals surface area contributed by atoms with Gasteiger partial charge < -0.3 is 19.7 Å². The fraction of sp³-hybridized carbons (Fsp3) is 1.00. The number of aliphatic hydroxyl groups excluding tert-OH is 3. The van der Waals surface area contributed by atoms with Gasteiger partial charge in [-0.05, 0) is 19.4 Å². The molecule has 2 unspecified atom stereocenters. The molecule has 0 aliphatic rings. The van der Waals surface area contributed by atoms with Crippen molar-refractivity contribution in [2.45, 2.75) is 38.0 Å². The molecule has 3 N–H and O–H groups in total. The Labute approximate surface area is 81.5 Å². The average molecular weight is 208 g/mol. The summed E-state index contributed by atoms with van der Waals surface area (Å²) in [6.45, 7) is 2.37. The third-order valence-electron chi connectivity index (χ3n) is 1.87. The fourth-order valence-electron chi connectivity index (χ4n) is 1.02. The van der Waals surface area contributed by atoms with Crippen molar-refractivity contribution in [3.8, 4) is 0 Å². The molecule has 0 saturated carbocycles. The minimum absolute atomic E-state index is 0.371. The van der Waals surface area contributed by atoms with Crippen molar-refractivity contribution < 1.29 is 19.7 Å². The Morgan fingerprint density at radius 2 is 2.00 bits per heavy atom. The van der Waals surface area contributed by atoms with E-state index < -0.39 is 22.0 Å². The molecule has 5 heteroatoms. The molecule has 80 valence electrons. The van der Waals surface area contributed by atoms with Crippen molar-refractivity contribution in [3.63, 3.8) is 0 Å². The molecule has 13 heavy (non-hydrogen) atoms. The van der Waals surface area contributed by atoms with Gasteiger partial charge in [-0.3, -0.25) is 0 Å². The zero-order valence-corrected chi connectivity index (χ0v) is 9.56. The molecule has 0 saturated heterocycles. The molecule has 0 amide bonds. The zero-order chi connectivity index (χ0) is 10.1. The largest absolute Gasteiger partial charge is 0.424 e. The molecule has 0 aliphatic carbocycles. The highest BCUT2D eigenvalue weighted by atomic mass is 28.2. The van der Waals surface area contributed by atoms with E-state index in [9.17, 15) is 5.11 Å². The molecule has 0 aromatic carbocycles. The van der Waals surface area contributed by atoms with Crippen molar-refractivity contribution in [3.05, 3.63) is 0 Å². The van der Waals surface area contributed by atoms with E-state index in [2.05, 4.69) is 0 Å². The number of hydrogen-bond acceptors (Lipinski definition) is 4. The van der Waals surface area contributed by atoms with Gasteiger partial charge in [-0.25, -0.2) is 0 Å². The molecule has 0 aliphatic heterocycles. The van der Waals surface area contributed by atoms with Crippen LogP contribution in [0.2, 0.25) is 6.04 Å². The summed E-state index contributed by atoms with van der Waals surface area (Å²) < 4.78 is 5.25. The Morgan fingerprint density at radius 1 is 1.31 bits per heavy atom. The standard InChI is InChI=1S/C8H20O4Si/c1-2-12-13-5-3-4-7(10)8(11)6-9/h7-11H,2-6,13H2,1H3. The predicted molar refractivity (Wildman–Crippen MR) is 53.3 cm³/mol. The van der Waals surface area contributed by atoms with E-state index in [1.165, 1.54) is 0 Å². The molecule has 2 atom stereocenters. The molecular formula is C8H20O4Si. The zero-order valence-electron chi connectivity index (χ0n) is 8.15. The van der Waals surface area contributed by atoms with Gasteiger partial charge in [-0.1, -0.05) is 6.42 Å². The van der Waals surface area contributed by atoms with Crippen molar-refractivity contribution in [2.75, 3.05) is 13.2 Å². The van der Waals surface area contributed by atoms with E-state index in [1.807, 2.05) is 6.92 Å². The van der Waals surface area contributed by atoms with Crippen molar-refractivity contribution in [1.29, 1.82) is 0 Å². The molecule has 0 bridgehead atoms. The average Bonchev–Trinajstić information content (AvgIpc) is 2.16. The second-order valence-corrected chi connectivity index (χ2v) is 4.53. The first-order valence-electron chi connectivity index (χ1n) is 4.77. The second kappa shape index (κ2) is 8.65. The van der Waals surface area contributed by atoms with Gasteiger partial charge in [-0.15, -0.1) is 0 Å². The van der Waals surface area contributed by atoms with Crippen LogP contribution < -0.4 is 0 Å². The maximum absolute atomic E-state index is 9.24. The second-order valence-electron chi connectivity index (χ2n) is 3.01. The van der Waals surface area contributed by atoms with E-state index in [-0.39, 0.29) is 6.61 Å². The van der Waals surface area contributed by atoms with Crippen LogP contribution in [0.15, 0.2) is 0 Å². The Balaban J connectivity index is 3.21. The normalized spacial score (nSPS) is 16.6. The van der Waals surface area contributed by atoms with Gasteiger partial charge in [0.15, 0.2) is 9.76 Å². The summed E-state index contributed by atoms with van der Waals surface area (Å²) in [5, 5.41) is 26.8. The summed E-state index contributed by atoms with van der Waals surface area (Å²) in [4.78, 5) is 0. The van der Waals surface area contributed by atoms with Crippen LogP contribution in [0, 0.1) is 0 Å². The van der Waals surface area contributed by atoms with Gasteiger partial charge in [0, 0.05) is 6.61 Å². The lowest BCUT2D eigenvalue weighted by Gasteiger charge is -2.14. The van der Waals surface area contributed by atoms with Crippen molar-refractivity contribution in [2.24, 2.45) is 0 Å². The van der Waals surface area contributed by atoms with Crippen molar-refractivity contribution >= 4 is 9.76 Å². The lowest BCUT2D eigenvalue weighted by atomic mass is 10.1. The minimum Gasteiger partial charge on any atom is -0.424 e. The molecule has 0 heterocycles. The van der Waals surface area contributed by atoms with Crippen LogP contribution in [0.3, 0.4) is 0 Å². The first-order chi connectivity index (χ1) is 6.22. The van der Waals surface area contributed by atoms with Crippen molar-refractivity contribution in [1.82, 2.24) is 0 Å². The van der Waals surface area contributed by atoms with Crippen LogP contribution in [0.4, 0.5) is 0 Å². The molecule has 0 aromatic rings. The lowest BCUT2D eigenvalue weighted by molar-refractivity contribution is -0.0177. The van der Waals surface area contributed by atoms with Crippen LogP contribution in [0.1, 0.15) is 19.8 Å². The van der Waals surface area contributed by atoms with Crippen LogP contribution in [0.25, 0.3) is 0 Å². The number of aliphatic hydroxyl groups is 3. The molecular weight excluding hydrogens is 188 g/mol. The summed E-state index contributed by atoms with van der Waals surface area (Å²) in [5.74, 6) is 0. The Bertz CT molecular complexity index is 112. The van der Waals surface area contributed by atoms with Gasteiger partial charge >= 0.3 is 0 Å². The summed E-state index contributed by atoms with van der Waals surface area (Å²) in [7, 11) is -0.418. The van der Waals surface area contributed by atoms with Gasteiger partial charge in [-0.2, -0.15) is 0 Å². The summed E-state index contributed by atoms with van der Waals surface area (Å²) in [6, 6.07) is 1.02. The lowest BCUT2D eigenvalue weighted by Crippen LogP contribution is -2.29. The van der Waals surface area contributed by atoms with Gasteiger partial charge in [0.1, 0.15) is 6.10 Å². The van der Waals surface area contributed by atoms with Gasteiger partial charge in [0.2, 0.25) is 0 Å². The highest BCUT2D eigenvalue weighted by molar-refractivity contribution is 6.26. The SMILES string of the molecule is CCO[SiH2]CCCC(O)C(O)CO. The fourth-order valence-corrected chi connectivity index (χ4v) is 2.00. The third kappa shape index (κ3) is 7.15. The maximum Gasteiger partial charge on any atom is 0.161 e. The van der Waals surface area contributed by atoms with E-state index in [0.29, 0.717) is 6.42 Å². The first-order valence-corrected chi connectivity index (χ1v) is 6.34. The highest BCUT2D eigenvalue weighted by Gasteiger charge is 2.13. The van der Waals surface area contributed by atoms with E-state index >= 15 is 0 Å². The topological polar surface area (TPSA) is 69.9 Å². The van der Waals surface area contributed by atoms with Crippen LogP contribution in [-0.4, -0.2) is 50.5 Å². The monoisotopic (exact) mass is 208 g/mol. The predicted octanol–water partition coefficient (Wildman–Crippen LogP) is -0.981. The Hall–Kier alpha value is 0.0569. The van der Waals surface area contributed by atoms with E-state index in [1.54, 1.807) is 0 Å². The molecule has 0 aromatic heterocycles. The van der Waals surface area contributed by atoms with Crippen LogP contribution >= 0.6 is 0 Å². The van der Waals surface area contributed by atoms with Gasteiger partial charge in [0.05, 0.1) is 12.7 Å². The summed E-state index contributed by atoms with van der Waals surface area (Å²) in [6.07, 6.45) is -0.374. The Kier molecular flexibility index (Phi) is 8.68. The maximum atomic E-state index is 9.24. The number of rotatable bonds is 8. The third-order valence-corrected chi connectivity index (χ3v) is 3.36. The van der Waals surface area contributed by atoms with E-state index in [4.69, 9.17) is 14.6 Å². The quantitative estimate of drug-likeness (QED) is 0.354.